The van der Waals surface area contributed by atoms with Crippen LogP contribution in [0.25, 0.3) is 0 Å². The van der Waals surface area contributed by atoms with Crippen molar-refractivity contribution < 1.29 is 14.4 Å². The Labute approximate surface area is 158 Å². The molecular formula is C18H28N4O3S. The summed E-state index contributed by atoms with van der Waals surface area (Å²) in [6.07, 6.45) is 5.76. The minimum atomic E-state index is -0.338. The first-order valence-corrected chi connectivity index (χ1v) is 9.92. The molecule has 26 heavy (non-hydrogen) atoms. The van der Waals surface area contributed by atoms with E-state index in [-0.39, 0.29) is 48.7 Å². The van der Waals surface area contributed by atoms with E-state index in [1.807, 2.05) is 20.8 Å². The van der Waals surface area contributed by atoms with E-state index in [2.05, 4.69) is 15.6 Å². The first-order chi connectivity index (χ1) is 12.2. The number of thiazole rings is 1. The predicted octanol–water partition coefficient (Wildman–Crippen LogP) is 2.55. The first kappa shape index (κ1) is 20.4. The summed E-state index contributed by atoms with van der Waals surface area (Å²) in [5.74, 6) is -0.543. The van der Waals surface area contributed by atoms with Crippen molar-refractivity contribution >= 4 is 34.2 Å². The number of carbonyl (C=O) groups excluding carboxylic acids is 3. The van der Waals surface area contributed by atoms with Crippen molar-refractivity contribution in [3.05, 3.63) is 11.6 Å². The lowest BCUT2D eigenvalue weighted by molar-refractivity contribution is -0.139. The van der Waals surface area contributed by atoms with Gasteiger partial charge >= 0.3 is 0 Å². The van der Waals surface area contributed by atoms with Crippen LogP contribution in [-0.4, -0.2) is 45.7 Å². The normalized spacial score (nSPS) is 14.9. The largest absolute Gasteiger partial charge is 0.350 e. The summed E-state index contributed by atoms with van der Waals surface area (Å²) in [5.41, 5.74) is -0.338. The second kappa shape index (κ2) is 9.12. The van der Waals surface area contributed by atoms with E-state index in [4.69, 9.17) is 0 Å². The molecule has 2 N–H and O–H groups in total. The maximum absolute atomic E-state index is 12.7. The Kier molecular flexibility index (Phi) is 7.14. The fourth-order valence-electron chi connectivity index (χ4n) is 3.08. The summed E-state index contributed by atoms with van der Waals surface area (Å²) in [6.45, 7) is 5.79. The minimum absolute atomic E-state index is 0.0505. The topological polar surface area (TPSA) is 91.4 Å². The molecule has 0 radical (unpaired) electrons. The minimum Gasteiger partial charge on any atom is -0.350 e. The summed E-state index contributed by atoms with van der Waals surface area (Å²) < 4.78 is 0. The second-order valence-corrected chi connectivity index (χ2v) is 8.54. The van der Waals surface area contributed by atoms with Crippen molar-refractivity contribution in [1.82, 2.24) is 15.2 Å². The third-order valence-corrected chi connectivity index (χ3v) is 4.85. The number of amides is 3. The van der Waals surface area contributed by atoms with E-state index < -0.39 is 0 Å². The lowest BCUT2D eigenvalue weighted by atomic mass is 10.1. The van der Waals surface area contributed by atoms with Gasteiger partial charge in [-0.3, -0.25) is 14.4 Å². The summed E-state index contributed by atoms with van der Waals surface area (Å²) in [6, 6.07) is 0.0928. The summed E-state index contributed by atoms with van der Waals surface area (Å²) >= 11 is 1.33. The number of anilines is 1. The zero-order valence-corrected chi connectivity index (χ0v) is 16.5. The van der Waals surface area contributed by atoms with Crippen LogP contribution in [0.4, 0.5) is 5.13 Å². The van der Waals surface area contributed by atoms with Gasteiger partial charge < -0.3 is 15.5 Å². The molecule has 7 nitrogen and oxygen atoms in total. The lowest BCUT2D eigenvalue weighted by Gasteiger charge is -2.30. The summed E-state index contributed by atoms with van der Waals surface area (Å²) in [5, 5.41) is 7.88. The molecule has 2 rings (SSSR count). The monoisotopic (exact) mass is 380 g/mol. The Hall–Kier alpha value is -1.96. The molecule has 0 aromatic carbocycles. The van der Waals surface area contributed by atoms with Gasteiger partial charge in [-0.2, -0.15) is 0 Å². The average molecular weight is 381 g/mol. The van der Waals surface area contributed by atoms with Gasteiger partial charge in [-0.25, -0.2) is 4.98 Å². The fraction of sp³-hybridized carbons (Fsp3) is 0.667. The van der Waals surface area contributed by atoms with E-state index in [9.17, 15) is 14.4 Å². The molecule has 1 heterocycles. The highest BCUT2D eigenvalue weighted by atomic mass is 32.1. The van der Waals surface area contributed by atoms with Gasteiger partial charge in [0.25, 0.3) is 0 Å². The fourth-order valence-corrected chi connectivity index (χ4v) is 3.63. The Morgan fingerprint density at radius 2 is 1.88 bits per heavy atom. The highest BCUT2D eigenvalue weighted by molar-refractivity contribution is 7.13. The average Bonchev–Trinajstić information content (AvgIpc) is 3.22. The van der Waals surface area contributed by atoms with E-state index in [1.165, 1.54) is 11.3 Å². The van der Waals surface area contributed by atoms with Crippen LogP contribution in [0.15, 0.2) is 11.6 Å². The van der Waals surface area contributed by atoms with Crippen molar-refractivity contribution in [3.8, 4) is 0 Å². The summed E-state index contributed by atoms with van der Waals surface area (Å²) in [7, 11) is 0. The zero-order valence-electron chi connectivity index (χ0n) is 15.7. The Balaban J connectivity index is 1.90. The number of nitrogens with zero attached hydrogens (tertiary/aromatic N) is 2. The molecule has 1 aliphatic rings. The molecule has 0 unspecified atom stereocenters. The Bertz CT molecular complexity index is 619. The van der Waals surface area contributed by atoms with Crippen LogP contribution >= 0.6 is 11.3 Å². The molecule has 144 valence electrons. The quantitative estimate of drug-likeness (QED) is 0.760. The Morgan fingerprint density at radius 1 is 1.19 bits per heavy atom. The highest BCUT2D eigenvalue weighted by Crippen LogP contribution is 2.24. The summed E-state index contributed by atoms with van der Waals surface area (Å²) in [4.78, 5) is 42.6. The molecule has 0 saturated heterocycles. The van der Waals surface area contributed by atoms with E-state index >= 15 is 0 Å². The molecule has 8 heteroatoms. The van der Waals surface area contributed by atoms with Crippen molar-refractivity contribution in [2.75, 3.05) is 11.9 Å². The van der Waals surface area contributed by atoms with Gasteiger partial charge in [0.05, 0.1) is 6.54 Å². The number of aromatic nitrogens is 1. The van der Waals surface area contributed by atoms with Crippen LogP contribution in [0, 0.1) is 0 Å². The van der Waals surface area contributed by atoms with E-state index in [0.29, 0.717) is 5.13 Å². The van der Waals surface area contributed by atoms with Crippen LogP contribution in [-0.2, 0) is 14.4 Å². The van der Waals surface area contributed by atoms with E-state index in [0.717, 1.165) is 25.7 Å². The SMILES string of the molecule is CC(C)(C)NC(=O)CN(C(=O)CCC(=O)Nc1nccs1)C1CCCC1. The van der Waals surface area contributed by atoms with Gasteiger partial charge in [0.1, 0.15) is 0 Å². The van der Waals surface area contributed by atoms with Crippen molar-refractivity contribution in [1.29, 1.82) is 0 Å². The maximum Gasteiger partial charge on any atom is 0.240 e. The number of hydrogen-bond donors (Lipinski definition) is 2. The zero-order chi connectivity index (χ0) is 19.2. The van der Waals surface area contributed by atoms with Gasteiger partial charge in [-0.15, -0.1) is 11.3 Å². The molecule has 3 amide bonds. The van der Waals surface area contributed by atoms with Gasteiger partial charge in [0.2, 0.25) is 17.7 Å². The molecule has 0 aliphatic heterocycles. The van der Waals surface area contributed by atoms with Crippen LogP contribution in [0.1, 0.15) is 59.3 Å². The van der Waals surface area contributed by atoms with Gasteiger partial charge in [0.15, 0.2) is 5.13 Å². The number of hydrogen-bond acceptors (Lipinski definition) is 5. The van der Waals surface area contributed by atoms with Crippen LogP contribution in [0.5, 0.6) is 0 Å². The molecule has 0 spiro atoms. The third kappa shape index (κ3) is 6.74. The smallest absolute Gasteiger partial charge is 0.240 e. The van der Waals surface area contributed by atoms with Crippen LogP contribution in [0.2, 0.25) is 0 Å². The molecule has 1 aromatic rings. The molecule has 1 aliphatic carbocycles. The Morgan fingerprint density at radius 3 is 2.46 bits per heavy atom. The van der Waals surface area contributed by atoms with E-state index in [1.54, 1.807) is 16.5 Å². The van der Waals surface area contributed by atoms with Crippen molar-refractivity contribution in [2.45, 2.75) is 70.9 Å². The maximum atomic E-state index is 12.7. The molecule has 0 bridgehead atoms. The number of nitrogens with one attached hydrogen (secondary N) is 2. The standard InChI is InChI=1S/C18H28N4O3S/c1-18(2,3)21-15(24)12-22(13-6-4-5-7-13)16(25)9-8-14(23)20-17-19-10-11-26-17/h10-11,13H,4-9,12H2,1-3H3,(H,21,24)(H,19,20,23). The molecule has 1 fully saturated rings. The van der Waals surface area contributed by atoms with Crippen LogP contribution in [0.3, 0.4) is 0 Å². The van der Waals surface area contributed by atoms with Crippen LogP contribution < -0.4 is 10.6 Å². The van der Waals surface area contributed by atoms with Gasteiger partial charge in [-0.1, -0.05) is 12.8 Å². The van der Waals surface area contributed by atoms with Crippen molar-refractivity contribution in [3.63, 3.8) is 0 Å². The van der Waals surface area contributed by atoms with Gasteiger partial charge in [0, 0.05) is 36.0 Å². The molecular weight excluding hydrogens is 352 g/mol. The third-order valence-electron chi connectivity index (χ3n) is 4.16. The predicted molar refractivity (Wildman–Crippen MR) is 102 cm³/mol. The number of carbonyl (C=O) groups is 3. The molecule has 1 aromatic heterocycles. The molecule has 1 saturated carbocycles. The highest BCUT2D eigenvalue weighted by Gasteiger charge is 2.29. The van der Waals surface area contributed by atoms with Crippen molar-refractivity contribution in [2.24, 2.45) is 0 Å². The molecule has 0 atom stereocenters. The second-order valence-electron chi connectivity index (χ2n) is 7.64. The number of rotatable bonds is 7. The lowest BCUT2D eigenvalue weighted by Crippen LogP contribution is -2.49. The van der Waals surface area contributed by atoms with Gasteiger partial charge in [-0.05, 0) is 33.6 Å². The first-order valence-electron chi connectivity index (χ1n) is 9.04.